The van der Waals surface area contributed by atoms with Gasteiger partial charge in [0.1, 0.15) is 0 Å². The Bertz CT molecular complexity index is 134. The predicted molar refractivity (Wildman–Crippen MR) is 52.3 cm³/mol. The van der Waals surface area contributed by atoms with Gasteiger partial charge in [-0.3, -0.25) is 0 Å². The lowest BCUT2D eigenvalue weighted by atomic mass is 10.1. The largest absolute Gasteiger partial charge is 0.401 e. The van der Waals surface area contributed by atoms with E-state index in [4.69, 9.17) is 0 Å². The third-order valence-electron chi connectivity index (χ3n) is 2.13. The Labute approximate surface area is 84.1 Å². The molecule has 0 fully saturated rings. The van der Waals surface area contributed by atoms with Crippen molar-refractivity contribution in [3.8, 4) is 0 Å². The first kappa shape index (κ1) is 13.8. The van der Waals surface area contributed by atoms with Crippen LogP contribution in [0.2, 0.25) is 0 Å². The van der Waals surface area contributed by atoms with Crippen LogP contribution in [0.1, 0.15) is 46.0 Å². The molecule has 1 unspecified atom stereocenters. The molecule has 0 bridgehead atoms. The van der Waals surface area contributed by atoms with Gasteiger partial charge >= 0.3 is 6.18 Å². The van der Waals surface area contributed by atoms with Crippen molar-refractivity contribution in [1.82, 2.24) is 5.32 Å². The first-order valence-electron chi connectivity index (χ1n) is 5.29. The maximum atomic E-state index is 11.9. The van der Waals surface area contributed by atoms with Crippen molar-refractivity contribution in [2.75, 3.05) is 6.54 Å². The Morgan fingerprint density at radius 2 is 1.71 bits per heavy atom. The van der Waals surface area contributed by atoms with Crippen LogP contribution in [-0.4, -0.2) is 18.8 Å². The number of unbranched alkanes of at least 4 members (excludes halogenated alkanes) is 1. The molecular formula is C10H20F3N. The Kier molecular flexibility index (Phi) is 6.97. The first-order chi connectivity index (χ1) is 6.49. The van der Waals surface area contributed by atoms with Crippen LogP contribution >= 0.6 is 0 Å². The molecule has 0 aromatic heterocycles. The van der Waals surface area contributed by atoms with Crippen LogP contribution in [0.25, 0.3) is 0 Å². The van der Waals surface area contributed by atoms with Gasteiger partial charge in [-0.15, -0.1) is 0 Å². The van der Waals surface area contributed by atoms with E-state index in [1.54, 1.807) is 0 Å². The minimum atomic E-state index is -4.09. The topological polar surface area (TPSA) is 12.0 Å². The fraction of sp³-hybridized carbons (Fsp3) is 1.00. The molecule has 1 nitrogen and oxygen atoms in total. The van der Waals surface area contributed by atoms with Gasteiger partial charge in [0.15, 0.2) is 0 Å². The van der Waals surface area contributed by atoms with Gasteiger partial charge < -0.3 is 5.32 Å². The summed E-state index contributed by atoms with van der Waals surface area (Å²) in [5.41, 5.74) is 0. The van der Waals surface area contributed by atoms with E-state index in [2.05, 4.69) is 5.32 Å². The van der Waals surface area contributed by atoms with Crippen molar-refractivity contribution in [1.29, 1.82) is 0 Å². The van der Waals surface area contributed by atoms with Gasteiger partial charge in [0, 0.05) is 6.04 Å². The molecule has 0 spiro atoms. The van der Waals surface area contributed by atoms with Crippen LogP contribution in [0.4, 0.5) is 13.2 Å². The second-order valence-electron chi connectivity index (χ2n) is 3.62. The lowest BCUT2D eigenvalue weighted by Gasteiger charge is -2.18. The van der Waals surface area contributed by atoms with Crippen molar-refractivity contribution in [2.24, 2.45) is 0 Å². The van der Waals surface area contributed by atoms with Gasteiger partial charge in [0.25, 0.3) is 0 Å². The average molecular weight is 211 g/mol. The van der Waals surface area contributed by atoms with Crippen LogP contribution in [0.3, 0.4) is 0 Å². The van der Waals surface area contributed by atoms with E-state index >= 15 is 0 Å². The van der Waals surface area contributed by atoms with E-state index in [0.717, 1.165) is 32.1 Å². The monoisotopic (exact) mass is 211 g/mol. The maximum absolute atomic E-state index is 11.9. The normalized spacial score (nSPS) is 14.4. The molecule has 0 heterocycles. The lowest BCUT2D eigenvalue weighted by molar-refractivity contribution is -0.126. The van der Waals surface area contributed by atoms with Crippen LogP contribution in [0.5, 0.6) is 0 Å². The van der Waals surface area contributed by atoms with Gasteiger partial charge in [-0.05, 0) is 12.8 Å². The van der Waals surface area contributed by atoms with Crippen LogP contribution in [0.15, 0.2) is 0 Å². The highest BCUT2D eigenvalue weighted by atomic mass is 19.4. The fourth-order valence-corrected chi connectivity index (χ4v) is 1.41. The molecular weight excluding hydrogens is 191 g/mol. The summed E-state index contributed by atoms with van der Waals surface area (Å²) in [6.07, 6.45) is 0.553. The maximum Gasteiger partial charge on any atom is 0.401 e. The molecule has 14 heavy (non-hydrogen) atoms. The summed E-state index contributed by atoms with van der Waals surface area (Å²) in [6.45, 7) is 3.18. The molecule has 1 atom stereocenters. The molecule has 0 aromatic carbocycles. The number of alkyl halides is 3. The zero-order valence-corrected chi connectivity index (χ0v) is 8.95. The molecule has 0 aliphatic heterocycles. The highest BCUT2D eigenvalue weighted by Gasteiger charge is 2.27. The summed E-state index contributed by atoms with van der Waals surface area (Å²) < 4.78 is 35.7. The zero-order valence-electron chi connectivity index (χ0n) is 8.95. The Morgan fingerprint density at radius 1 is 1.07 bits per heavy atom. The number of hydrogen-bond acceptors (Lipinski definition) is 1. The van der Waals surface area contributed by atoms with Crippen LogP contribution in [-0.2, 0) is 0 Å². The second-order valence-corrected chi connectivity index (χ2v) is 3.62. The van der Waals surface area contributed by atoms with E-state index in [-0.39, 0.29) is 6.04 Å². The molecule has 0 radical (unpaired) electrons. The molecule has 0 aliphatic rings. The van der Waals surface area contributed by atoms with E-state index in [1.807, 2.05) is 13.8 Å². The molecule has 1 N–H and O–H groups in total. The third kappa shape index (κ3) is 8.35. The van der Waals surface area contributed by atoms with Gasteiger partial charge in [-0.1, -0.05) is 33.1 Å². The fourth-order valence-electron chi connectivity index (χ4n) is 1.41. The summed E-state index contributed by atoms with van der Waals surface area (Å²) in [5.74, 6) is 0. The van der Waals surface area contributed by atoms with Gasteiger partial charge in [0.05, 0.1) is 6.54 Å². The van der Waals surface area contributed by atoms with Crippen molar-refractivity contribution in [2.45, 2.75) is 58.2 Å². The Morgan fingerprint density at radius 3 is 2.14 bits per heavy atom. The van der Waals surface area contributed by atoms with E-state index in [0.29, 0.717) is 0 Å². The molecule has 0 aliphatic carbocycles. The highest BCUT2D eigenvalue weighted by Crippen LogP contribution is 2.14. The van der Waals surface area contributed by atoms with E-state index in [1.165, 1.54) is 0 Å². The highest BCUT2D eigenvalue weighted by molar-refractivity contribution is 4.68. The quantitative estimate of drug-likeness (QED) is 0.679. The Hall–Kier alpha value is -0.250. The minimum absolute atomic E-state index is 0.0292. The van der Waals surface area contributed by atoms with Crippen molar-refractivity contribution >= 4 is 0 Å². The summed E-state index contributed by atoms with van der Waals surface area (Å²) in [6, 6.07) is 0.0292. The lowest BCUT2D eigenvalue weighted by Crippen LogP contribution is -2.37. The minimum Gasteiger partial charge on any atom is -0.306 e. The molecule has 0 rings (SSSR count). The standard InChI is InChI=1S/C10H20F3N/c1-3-5-7-9(6-4-2)14-8-10(11,12)13/h9,14H,3-8H2,1-2H3. The number of hydrogen-bond donors (Lipinski definition) is 1. The smallest absolute Gasteiger partial charge is 0.306 e. The molecule has 4 heteroatoms. The number of halogens is 3. The SMILES string of the molecule is CCCCC(CCC)NCC(F)(F)F. The van der Waals surface area contributed by atoms with Gasteiger partial charge in [-0.2, -0.15) is 13.2 Å². The number of nitrogens with one attached hydrogen (secondary N) is 1. The molecule has 0 saturated heterocycles. The summed E-state index contributed by atoms with van der Waals surface area (Å²) in [5, 5.41) is 2.57. The van der Waals surface area contributed by atoms with E-state index in [9.17, 15) is 13.2 Å². The van der Waals surface area contributed by atoms with E-state index < -0.39 is 12.7 Å². The predicted octanol–water partition coefficient (Wildman–Crippen LogP) is 3.50. The summed E-state index contributed by atoms with van der Waals surface area (Å²) in [7, 11) is 0. The zero-order chi connectivity index (χ0) is 11.0. The molecule has 0 aromatic rings. The third-order valence-corrected chi connectivity index (χ3v) is 2.13. The van der Waals surface area contributed by atoms with Crippen molar-refractivity contribution in [3.05, 3.63) is 0 Å². The van der Waals surface area contributed by atoms with Crippen LogP contribution < -0.4 is 5.32 Å². The van der Waals surface area contributed by atoms with Crippen LogP contribution in [0, 0.1) is 0 Å². The van der Waals surface area contributed by atoms with Crippen molar-refractivity contribution < 1.29 is 13.2 Å². The number of rotatable bonds is 7. The molecule has 86 valence electrons. The summed E-state index contributed by atoms with van der Waals surface area (Å²) >= 11 is 0. The second kappa shape index (κ2) is 7.10. The van der Waals surface area contributed by atoms with Gasteiger partial charge in [0.2, 0.25) is 0 Å². The molecule has 0 saturated carbocycles. The summed E-state index contributed by atoms with van der Waals surface area (Å²) in [4.78, 5) is 0. The molecule has 0 amide bonds. The average Bonchev–Trinajstić information content (AvgIpc) is 2.08. The van der Waals surface area contributed by atoms with Gasteiger partial charge in [-0.25, -0.2) is 0 Å². The Balaban J connectivity index is 3.72. The first-order valence-corrected chi connectivity index (χ1v) is 5.29. The van der Waals surface area contributed by atoms with Crippen molar-refractivity contribution in [3.63, 3.8) is 0 Å².